The fourth-order valence-electron chi connectivity index (χ4n) is 4.50. The van der Waals surface area contributed by atoms with Gasteiger partial charge in [0.05, 0.1) is 27.2 Å². The van der Waals surface area contributed by atoms with Crippen LogP contribution in [0.1, 0.15) is 47.2 Å². The third-order valence-electron chi connectivity index (χ3n) is 6.44. The first kappa shape index (κ1) is 23.5. The normalized spacial score (nSPS) is 14.5. The number of carbonyl (C=O) groups is 1. The summed E-state index contributed by atoms with van der Waals surface area (Å²) < 4.78 is 14.4. The lowest BCUT2D eigenvalue weighted by Gasteiger charge is -2.31. The lowest BCUT2D eigenvalue weighted by atomic mass is 9.73. The van der Waals surface area contributed by atoms with Crippen LogP contribution in [0, 0.1) is 23.2 Å². The summed E-state index contributed by atoms with van der Waals surface area (Å²) in [6, 6.07) is 16.7. The number of hydrogen-bond acceptors (Lipinski definition) is 4. The minimum atomic E-state index is -1.03. The number of aliphatic carboxylic acids is 1. The van der Waals surface area contributed by atoms with E-state index in [1.807, 2.05) is 30.3 Å². The van der Waals surface area contributed by atoms with Crippen molar-refractivity contribution in [1.82, 2.24) is 15.2 Å². The highest BCUT2D eigenvalue weighted by Crippen LogP contribution is 2.45. The zero-order chi connectivity index (χ0) is 25.2. The zero-order valence-electron chi connectivity index (χ0n) is 19.0. The molecule has 0 bridgehead atoms. The smallest absolute Gasteiger partial charge is 0.328 e. The molecule has 5 rings (SSSR count). The highest BCUT2D eigenvalue weighted by Gasteiger charge is 2.30. The molecule has 0 unspecified atom stereocenters. The second kappa shape index (κ2) is 9.76. The number of aromatic nitrogens is 3. The van der Waals surface area contributed by atoms with Crippen LogP contribution < -0.4 is 0 Å². The summed E-state index contributed by atoms with van der Waals surface area (Å²) in [5, 5.41) is 25.9. The number of carboxylic acids is 1. The Morgan fingerprint density at radius 2 is 1.92 bits per heavy atom. The molecule has 1 fully saturated rings. The van der Waals surface area contributed by atoms with Gasteiger partial charge in [-0.05, 0) is 70.9 Å². The van der Waals surface area contributed by atoms with Gasteiger partial charge in [0, 0.05) is 12.3 Å². The average molecular weight is 499 g/mol. The van der Waals surface area contributed by atoms with Crippen LogP contribution in [0.2, 0.25) is 5.02 Å². The molecule has 0 spiro atoms. The van der Waals surface area contributed by atoms with Gasteiger partial charge in [-0.1, -0.05) is 48.4 Å². The van der Waals surface area contributed by atoms with Gasteiger partial charge in [0.1, 0.15) is 6.07 Å². The summed E-state index contributed by atoms with van der Waals surface area (Å²) in [7, 11) is 0. The number of carboxylic acid groups (broad SMARTS) is 1. The first-order valence-electron chi connectivity index (χ1n) is 11.4. The summed E-state index contributed by atoms with van der Waals surface area (Å²) in [5.41, 5.74) is 5.59. The van der Waals surface area contributed by atoms with Gasteiger partial charge in [-0.2, -0.15) is 9.65 Å². The molecule has 4 aromatic rings. The highest BCUT2D eigenvalue weighted by atomic mass is 35.5. The van der Waals surface area contributed by atoms with Crippen molar-refractivity contribution in [2.45, 2.75) is 19.3 Å². The van der Waals surface area contributed by atoms with Crippen molar-refractivity contribution < 1.29 is 14.3 Å². The topological polar surface area (TPSA) is 103 Å². The van der Waals surface area contributed by atoms with E-state index in [1.165, 1.54) is 12.3 Å². The van der Waals surface area contributed by atoms with Crippen molar-refractivity contribution in [2.75, 3.05) is 0 Å². The van der Waals surface area contributed by atoms with Crippen molar-refractivity contribution >= 4 is 45.7 Å². The number of halogens is 2. The Balaban J connectivity index is 1.79. The molecule has 1 aliphatic rings. The number of rotatable bonds is 6. The second-order valence-corrected chi connectivity index (χ2v) is 9.08. The molecule has 2 heterocycles. The van der Waals surface area contributed by atoms with Crippen LogP contribution in [0.4, 0.5) is 4.39 Å². The Hall–Kier alpha value is -4.28. The van der Waals surface area contributed by atoms with Crippen LogP contribution in [0.3, 0.4) is 0 Å². The molecule has 0 saturated heterocycles. The maximum Gasteiger partial charge on any atom is 0.328 e. The lowest BCUT2D eigenvalue weighted by molar-refractivity contribution is -0.131. The fourth-order valence-corrected chi connectivity index (χ4v) is 4.65. The SMILES string of the molecule is N#Cc1cc(Cl)cnc1/C(=C(\c1ccc(/C=C/C(=O)O)cc1)c1ccc2[nH]nc(F)c2c1)C1CCC1. The molecule has 2 aromatic carbocycles. The van der Waals surface area contributed by atoms with Gasteiger partial charge >= 0.3 is 5.97 Å². The Kier molecular flexibility index (Phi) is 6.36. The Morgan fingerprint density at radius 3 is 2.58 bits per heavy atom. The lowest BCUT2D eigenvalue weighted by Crippen LogP contribution is -2.17. The van der Waals surface area contributed by atoms with Gasteiger partial charge < -0.3 is 5.11 Å². The first-order valence-corrected chi connectivity index (χ1v) is 11.8. The number of aromatic amines is 1. The molecule has 1 saturated carbocycles. The van der Waals surface area contributed by atoms with E-state index in [-0.39, 0.29) is 5.92 Å². The number of H-pyrrole nitrogens is 1. The number of hydrogen-bond donors (Lipinski definition) is 2. The minimum absolute atomic E-state index is 0.164. The van der Waals surface area contributed by atoms with Crippen LogP contribution in [-0.4, -0.2) is 26.3 Å². The molecule has 1 aliphatic carbocycles. The quantitative estimate of drug-likeness (QED) is 0.296. The molecular formula is C28H20ClFN4O2. The first-order chi connectivity index (χ1) is 17.4. The van der Waals surface area contributed by atoms with E-state index in [0.717, 1.165) is 53.2 Å². The summed E-state index contributed by atoms with van der Waals surface area (Å²) >= 11 is 6.15. The maximum atomic E-state index is 14.4. The van der Waals surface area contributed by atoms with Crippen molar-refractivity contribution in [1.29, 1.82) is 5.26 Å². The molecule has 6 nitrogen and oxygen atoms in total. The standard InChI is InChI=1S/C28H20ClFN4O2/c29-21-12-20(14-31)27(32-15-21)26(17-2-1-3-17)25(18-7-4-16(5-8-18)6-11-24(35)36)19-9-10-23-22(13-19)28(30)34-33-23/h4-13,15,17H,1-3H2,(H,33,34)(H,35,36)/b11-6+,26-25+. The van der Waals surface area contributed by atoms with Gasteiger partial charge in [0.25, 0.3) is 0 Å². The maximum absolute atomic E-state index is 14.4. The number of benzene rings is 2. The average Bonchev–Trinajstić information content (AvgIpc) is 3.22. The van der Waals surface area contributed by atoms with Crippen LogP contribution in [-0.2, 0) is 4.79 Å². The van der Waals surface area contributed by atoms with E-state index in [2.05, 4.69) is 21.3 Å². The summed E-state index contributed by atoms with van der Waals surface area (Å²) in [6.45, 7) is 0. The molecule has 2 N–H and O–H groups in total. The fraction of sp³-hybridized carbons (Fsp3) is 0.143. The van der Waals surface area contributed by atoms with Gasteiger partial charge in [-0.15, -0.1) is 5.10 Å². The number of pyridine rings is 1. The largest absolute Gasteiger partial charge is 0.478 e. The molecule has 0 amide bonds. The predicted octanol–water partition coefficient (Wildman–Crippen LogP) is 6.48. The summed E-state index contributed by atoms with van der Waals surface area (Å²) in [6.07, 6.45) is 7.07. The van der Waals surface area contributed by atoms with Crippen LogP contribution in [0.5, 0.6) is 0 Å². The van der Waals surface area contributed by atoms with Gasteiger partial charge in [0.2, 0.25) is 5.95 Å². The van der Waals surface area contributed by atoms with E-state index in [4.69, 9.17) is 16.7 Å². The van der Waals surface area contributed by atoms with Gasteiger partial charge in [-0.25, -0.2) is 4.79 Å². The Bertz CT molecular complexity index is 1580. The van der Waals surface area contributed by atoms with Crippen molar-refractivity contribution in [2.24, 2.45) is 5.92 Å². The van der Waals surface area contributed by atoms with E-state index in [1.54, 1.807) is 18.2 Å². The van der Waals surface area contributed by atoms with Crippen LogP contribution in [0.15, 0.2) is 60.8 Å². The van der Waals surface area contributed by atoms with Crippen molar-refractivity contribution in [3.05, 3.63) is 99.7 Å². The number of allylic oxidation sites excluding steroid dienone is 1. The number of nitrogens with zero attached hydrogens (tertiary/aromatic N) is 3. The highest BCUT2D eigenvalue weighted by molar-refractivity contribution is 6.30. The van der Waals surface area contributed by atoms with Gasteiger partial charge in [-0.3, -0.25) is 10.1 Å². The number of fused-ring (bicyclic) bond motifs is 1. The molecule has 0 radical (unpaired) electrons. The molecule has 0 atom stereocenters. The third-order valence-corrected chi connectivity index (χ3v) is 6.64. The number of nitrogens with one attached hydrogen (secondary N) is 1. The van der Waals surface area contributed by atoms with E-state index in [0.29, 0.717) is 27.2 Å². The Labute approximate surface area is 211 Å². The molecule has 0 aliphatic heterocycles. The summed E-state index contributed by atoms with van der Waals surface area (Å²) in [4.78, 5) is 15.5. The van der Waals surface area contributed by atoms with E-state index >= 15 is 0 Å². The van der Waals surface area contributed by atoms with Crippen molar-refractivity contribution in [3.8, 4) is 6.07 Å². The van der Waals surface area contributed by atoms with Crippen LogP contribution >= 0.6 is 11.6 Å². The summed E-state index contributed by atoms with van der Waals surface area (Å²) in [5.74, 6) is -1.45. The molecular weight excluding hydrogens is 479 g/mol. The molecule has 36 heavy (non-hydrogen) atoms. The molecule has 2 aromatic heterocycles. The van der Waals surface area contributed by atoms with E-state index < -0.39 is 11.9 Å². The van der Waals surface area contributed by atoms with Crippen LogP contribution in [0.25, 0.3) is 28.1 Å². The third kappa shape index (κ3) is 4.51. The Morgan fingerprint density at radius 1 is 1.17 bits per heavy atom. The second-order valence-electron chi connectivity index (χ2n) is 8.65. The predicted molar refractivity (Wildman–Crippen MR) is 136 cm³/mol. The molecule has 8 heteroatoms. The number of nitriles is 1. The van der Waals surface area contributed by atoms with E-state index in [9.17, 15) is 14.4 Å². The molecule has 178 valence electrons. The van der Waals surface area contributed by atoms with Gasteiger partial charge in [0.15, 0.2) is 0 Å². The minimum Gasteiger partial charge on any atom is -0.478 e. The van der Waals surface area contributed by atoms with Crippen molar-refractivity contribution in [3.63, 3.8) is 0 Å². The monoisotopic (exact) mass is 498 g/mol. The zero-order valence-corrected chi connectivity index (χ0v) is 19.8.